The molecule has 1 unspecified atom stereocenters. The zero-order valence-corrected chi connectivity index (χ0v) is 11.6. The van der Waals surface area contributed by atoms with Gasteiger partial charge in [-0.15, -0.1) is 0 Å². The number of benzene rings is 1. The Morgan fingerprint density at radius 1 is 1.44 bits per heavy atom. The van der Waals surface area contributed by atoms with E-state index in [1.807, 2.05) is 12.1 Å². The monoisotopic (exact) mass is 269 g/mol. The van der Waals surface area contributed by atoms with E-state index in [1.165, 1.54) is 12.8 Å². The molecule has 18 heavy (non-hydrogen) atoms. The normalized spacial score (nSPS) is 16.8. The van der Waals surface area contributed by atoms with Gasteiger partial charge in [0.05, 0.1) is 5.02 Å². The van der Waals surface area contributed by atoms with E-state index >= 15 is 0 Å². The van der Waals surface area contributed by atoms with Gasteiger partial charge in [-0.25, -0.2) is 4.39 Å². The highest BCUT2D eigenvalue weighted by Gasteiger charge is 2.25. The van der Waals surface area contributed by atoms with E-state index in [9.17, 15) is 4.39 Å². The van der Waals surface area contributed by atoms with Crippen molar-refractivity contribution in [3.05, 3.63) is 34.6 Å². The van der Waals surface area contributed by atoms with Crippen LogP contribution in [0.3, 0.4) is 0 Å². The summed E-state index contributed by atoms with van der Waals surface area (Å²) in [7, 11) is 0. The standard InChI is InChI=1S/C15H21ClFN/c1-2-8-18-13(9-11-6-7-11)10-12-4-3-5-14(16)15(12)17/h3-5,11,13,18H,2,6-10H2,1H3. The van der Waals surface area contributed by atoms with Crippen LogP contribution < -0.4 is 5.32 Å². The van der Waals surface area contributed by atoms with Gasteiger partial charge >= 0.3 is 0 Å². The predicted molar refractivity (Wildman–Crippen MR) is 74.5 cm³/mol. The van der Waals surface area contributed by atoms with E-state index in [-0.39, 0.29) is 10.8 Å². The van der Waals surface area contributed by atoms with E-state index in [0.29, 0.717) is 6.04 Å². The Kier molecular flexibility index (Phi) is 5.02. The average molecular weight is 270 g/mol. The Hall–Kier alpha value is -0.600. The van der Waals surface area contributed by atoms with E-state index < -0.39 is 0 Å². The molecule has 2 rings (SSSR count). The Labute approximate surface area is 114 Å². The first-order valence-corrected chi connectivity index (χ1v) is 7.24. The molecule has 1 aliphatic carbocycles. The lowest BCUT2D eigenvalue weighted by Crippen LogP contribution is -2.32. The fourth-order valence-corrected chi connectivity index (χ4v) is 2.51. The minimum Gasteiger partial charge on any atom is -0.314 e. The summed E-state index contributed by atoms with van der Waals surface area (Å²) in [6.45, 7) is 3.15. The number of nitrogens with one attached hydrogen (secondary N) is 1. The van der Waals surface area contributed by atoms with Crippen molar-refractivity contribution in [2.75, 3.05) is 6.54 Å². The molecule has 3 heteroatoms. The molecule has 0 bridgehead atoms. The maximum Gasteiger partial charge on any atom is 0.145 e. The quantitative estimate of drug-likeness (QED) is 0.783. The second kappa shape index (κ2) is 6.53. The van der Waals surface area contributed by atoms with Crippen molar-refractivity contribution in [3.63, 3.8) is 0 Å². The summed E-state index contributed by atoms with van der Waals surface area (Å²) in [4.78, 5) is 0. The molecule has 1 atom stereocenters. The minimum atomic E-state index is -0.252. The first kappa shape index (κ1) is 13.8. The highest BCUT2D eigenvalue weighted by atomic mass is 35.5. The van der Waals surface area contributed by atoms with Gasteiger partial charge in [-0.3, -0.25) is 0 Å². The molecule has 1 N–H and O–H groups in total. The van der Waals surface area contributed by atoms with Gasteiger partial charge in [0.15, 0.2) is 0 Å². The largest absolute Gasteiger partial charge is 0.314 e. The molecule has 1 fully saturated rings. The van der Waals surface area contributed by atoms with E-state index in [1.54, 1.807) is 6.07 Å². The molecule has 0 heterocycles. The molecule has 1 aliphatic rings. The number of hydrogen-bond acceptors (Lipinski definition) is 1. The van der Waals surface area contributed by atoms with Crippen LogP contribution in [-0.4, -0.2) is 12.6 Å². The third-order valence-electron chi connectivity index (χ3n) is 3.50. The maximum atomic E-state index is 13.9. The first-order valence-electron chi connectivity index (χ1n) is 6.87. The second-order valence-electron chi connectivity index (χ2n) is 5.25. The van der Waals surface area contributed by atoms with E-state index in [2.05, 4.69) is 12.2 Å². The fraction of sp³-hybridized carbons (Fsp3) is 0.600. The molecule has 0 aromatic heterocycles. The molecule has 1 saturated carbocycles. The van der Waals surface area contributed by atoms with Gasteiger partial charge in [0.2, 0.25) is 0 Å². The van der Waals surface area contributed by atoms with Crippen LogP contribution in [0, 0.1) is 11.7 Å². The van der Waals surface area contributed by atoms with Gasteiger partial charge in [-0.05, 0) is 43.4 Å². The van der Waals surface area contributed by atoms with Crippen LogP contribution in [0.25, 0.3) is 0 Å². The lowest BCUT2D eigenvalue weighted by Gasteiger charge is -2.19. The molecular weight excluding hydrogens is 249 g/mol. The van der Waals surface area contributed by atoms with Crippen molar-refractivity contribution in [3.8, 4) is 0 Å². The van der Waals surface area contributed by atoms with Crippen LogP contribution in [-0.2, 0) is 6.42 Å². The lowest BCUT2D eigenvalue weighted by atomic mass is 10.0. The van der Waals surface area contributed by atoms with Crippen molar-refractivity contribution >= 4 is 11.6 Å². The van der Waals surface area contributed by atoms with Crippen LogP contribution >= 0.6 is 11.6 Å². The highest BCUT2D eigenvalue weighted by molar-refractivity contribution is 6.30. The number of hydrogen-bond donors (Lipinski definition) is 1. The maximum absolute atomic E-state index is 13.9. The molecule has 0 aliphatic heterocycles. The SMILES string of the molecule is CCCNC(Cc1cccc(Cl)c1F)CC1CC1. The zero-order valence-electron chi connectivity index (χ0n) is 10.9. The molecule has 0 saturated heterocycles. The van der Waals surface area contributed by atoms with Crippen LogP contribution in [0.4, 0.5) is 4.39 Å². The summed E-state index contributed by atoms with van der Waals surface area (Å²) < 4.78 is 13.9. The molecular formula is C15H21ClFN. The molecule has 100 valence electrons. The van der Waals surface area contributed by atoms with E-state index in [0.717, 1.165) is 37.3 Å². The van der Waals surface area contributed by atoms with Crippen molar-refractivity contribution in [2.24, 2.45) is 5.92 Å². The molecule has 0 spiro atoms. The van der Waals surface area contributed by atoms with Gasteiger partial charge in [0.25, 0.3) is 0 Å². The summed E-state index contributed by atoms with van der Waals surface area (Å²) >= 11 is 5.82. The van der Waals surface area contributed by atoms with Gasteiger partial charge in [0.1, 0.15) is 5.82 Å². The van der Waals surface area contributed by atoms with Gasteiger partial charge in [-0.2, -0.15) is 0 Å². The Morgan fingerprint density at radius 2 is 2.22 bits per heavy atom. The molecule has 0 radical (unpaired) electrons. The molecule has 1 aromatic rings. The second-order valence-corrected chi connectivity index (χ2v) is 5.65. The molecule has 0 amide bonds. The molecule has 1 aromatic carbocycles. The Bertz CT molecular complexity index is 390. The summed E-state index contributed by atoms with van der Waals surface area (Å²) in [6, 6.07) is 5.66. The van der Waals surface area contributed by atoms with Crippen LogP contribution in [0.15, 0.2) is 18.2 Å². The molecule has 1 nitrogen and oxygen atoms in total. The summed E-state index contributed by atoms with van der Waals surface area (Å²) in [5, 5.41) is 3.76. The van der Waals surface area contributed by atoms with Crippen molar-refractivity contribution in [1.82, 2.24) is 5.32 Å². The average Bonchev–Trinajstić information content (AvgIpc) is 3.16. The van der Waals surface area contributed by atoms with Gasteiger partial charge in [-0.1, -0.05) is 43.5 Å². The highest BCUT2D eigenvalue weighted by Crippen LogP contribution is 2.34. The minimum absolute atomic E-state index is 0.230. The number of halogens is 2. The fourth-order valence-electron chi connectivity index (χ4n) is 2.31. The smallest absolute Gasteiger partial charge is 0.145 e. The zero-order chi connectivity index (χ0) is 13.0. The lowest BCUT2D eigenvalue weighted by molar-refractivity contribution is 0.447. The van der Waals surface area contributed by atoms with Gasteiger partial charge in [0, 0.05) is 6.04 Å². The van der Waals surface area contributed by atoms with Crippen LogP contribution in [0.1, 0.15) is 38.2 Å². The Morgan fingerprint density at radius 3 is 2.89 bits per heavy atom. The first-order chi connectivity index (χ1) is 8.70. The summed E-state index contributed by atoms with van der Waals surface area (Å²) in [6.07, 6.45) is 5.68. The van der Waals surface area contributed by atoms with Crippen LogP contribution in [0.5, 0.6) is 0 Å². The van der Waals surface area contributed by atoms with Crippen molar-refractivity contribution in [1.29, 1.82) is 0 Å². The third-order valence-corrected chi connectivity index (χ3v) is 3.79. The summed E-state index contributed by atoms with van der Waals surface area (Å²) in [5.74, 6) is 0.597. The number of rotatable bonds is 7. The predicted octanol–water partition coefficient (Wildman–Crippen LogP) is 4.19. The van der Waals surface area contributed by atoms with E-state index in [4.69, 9.17) is 11.6 Å². The van der Waals surface area contributed by atoms with Crippen molar-refractivity contribution < 1.29 is 4.39 Å². The van der Waals surface area contributed by atoms with Crippen LogP contribution in [0.2, 0.25) is 5.02 Å². The third kappa shape index (κ3) is 3.96. The Balaban J connectivity index is 1.99. The summed E-state index contributed by atoms with van der Waals surface area (Å²) in [5.41, 5.74) is 0.733. The van der Waals surface area contributed by atoms with Crippen molar-refractivity contribution in [2.45, 2.75) is 45.1 Å². The topological polar surface area (TPSA) is 12.0 Å². The van der Waals surface area contributed by atoms with Gasteiger partial charge < -0.3 is 5.32 Å².